The minimum absolute atomic E-state index is 0.0352. The molecule has 3 rings (SSSR count). The van der Waals surface area contributed by atoms with E-state index in [1.54, 1.807) is 22.8 Å². The van der Waals surface area contributed by atoms with Crippen LogP contribution in [0.1, 0.15) is 12.8 Å². The number of hydrogen-bond donors (Lipinski definition) is 0. The Morgan fingerprint density at radius 1 is 1.17 bits per heavy atom. The summed E-state index contributed by atoms with van der Waals surface area (Å²) in [6.07, 6.45) is 4.95. The van der Waals surface area contributed by atoms with Gasteiger partial charge in [-0.15, -0.1) is 6.58 Å². The molecule has 1 saturated heterocycles. The van der Waals surface area contributed by atoms with Crippen molar-refractivity contribution >= 4 is 10.9 Å². The van der Waals surface area contributed by atoms with E-state index < -0.39 is 0 Å². The fraction of sp³-hybridized carbons (Fsp3) is 0.417. The van der Waals surface area contributed by atoms with Gasteiger partial charge in [0, 0.05) is 38.4 Å². The predicted molar refractivity (Wildman–Crippen MR) is 119 cm³/mol. The van der Waals surface area contributed by atoms with Crippen LogP contribution in [0, 0.1) is 16.7 Å². The first-order valence-electron chi connectivity index (χ1n) is 10.3. The number of benzene rings is 1. The zero-order valence-corrected chi connectivity index (χ0v) is 17.4. The smallest absolute Gasteiger partial charge is 0.251 e. The minimum Gasteiger partial charge on any atom is -0.489 e. The van der Waals surface area contributed by atoms with Crippen molar-refractivity contribution in [2.75, 3.05) is 39.5 Å². The van der Waals surface area contributed by atoms with E-state index in [1.807, 2.05) is 24.3 Å². The second-order valence-electron chi connectivity index (χ2n) is 7.68. The third-order valence-corrected chi connectivity index (χ3v) is 5.60. The first-order chi connectivity index (χ1) is 14.6. The number of hydrogen-bond acceptors (Lipinski definition) is 5. The van der Waals surface area contributed by atoms with Gasteiger partial charge in [0.25, 0.3) is 5.56 Å². The number of nitrogens with zero attached hydrogens (tertiary/aromatic N) is 3. The molecule has 1 aliphatic rings. The molecule has 158 valence electrons. The molecule has 1 aromatic carbocycles. The van der Waals surface area contributed by atoms with E-state index in [-0.39, 0.29) is 11.0 Å². The molecule has 2 aromatic rings. The molecule has 1 fully saturated rings. The second kappa shape index (κ2) is 10.2. The fourth-order valence-electron chi connectivity index (χ4n) is 3.92. The normalized spacial score (nSPS) is 18.9. The van der Waals surface area contributed by atoms with Gasteiger partial charge >= 0.3 is 0 Å². The molecule has 2 heterocycles. The molecule has 1 unspecified atom stereocenters. The number of nitriles is 1. The van der Waals surface area contributed by atoms with Crippen LogP contribution in [0.3, 0.4) is 0 Å². The molecule has 0 aliphatic carbocycles. The monoisotopic (exact) mass is 407 g/mol. The van der Waals surface area contributed by atoms with Crippen LogP contribution in [-0.4, -0.2) is 48.9 Å². The van der Waals surface area contributed by atoms with E-state index in [4.69, 9.17) is 9.47 Å². The number of ether oxygens (including phenoxy) is 2. The van der Waals surface area contributed by atoms with E-state index in [9.17, 15) is 10.1 Å². The van der Waals surface area contributed by atoms with Crippen LogP contribution in [0.2, 0.25) is 0 Å². The number of aromatic nitrogens is 1. The maximum absolute atomic E-state index is 12.6. The molecule has 6 heteroatoms. The highest BCUT2D eigenvalue weighted by molar-refractivity contribution is 5.80. The van der Waals surface area contributed by atoms with Crippen molar-refractivity contribution in [1.82, 2.24) is 9.47 Å². The summed E-state index contributed by atoms with van der Waals surface area (Å²) in [5.74, 6) is 0.714. The highest BCUT2D eigenvalue weighted by Gasteiger charge is 2.37. The molecule has 30 heavy (non-hydrogen) atoms. The van der Waals surface area contributed by atoms with Crippen molar-refractivity contribution in [3.8, 4) is 11.8 Å². The highest BCUT2D eigenvalue weighted by Crippen LogP contribution is 2.33. The fourth-order valence-corrected chi connectivity index (χ4v) is 3.92. The lowest BCUT2D eigenvalue weighted by Gasteiger charge is -2.22. The Bertz CT molecular complexity index is 991. The van der Waals surface area contributed by atoms with Gasteiger partial charge in [-0.25, -0.2) is 0 Å². The van der Waals surface area contributed by atoms with Crippen LogP contribution in [0.25, 0.3) is 10.9 Å². The van der Waals surface area contributed by atoms with Crippen LogP contribution in [-0.2, 0) is 11.3 Å². The number of pyridine rings is 1. The lowest BCUT2D eigenvalue weighted by molar-refractivity contribution is 0.131. The number of rotatable bonds is 11. The molecule has 0 spiro atoms. The molecule has 0 N–H and O–H groups in total. The predicted octanol–water partition coefficient (Wildman–Crippen LogP) is 3.37. The zero-order chi connectivity index (χ0) is 21.4. The van der Waals surface area contributed by atoms with E-state index in [2.05, 4.69) is 24.1 Å². The van der Waals surface area contributed by atoms with E-state index in [0.29, 0.717) is 51.6 Å². The summed E-state index contributed by atoms with van der Waals surface area (Å²) in [5.41, 5.74) is 0.441. The van der Waals surface area contributed by atoms with E-state index in [1.165, 1.54) is 0 Å². The average Bonchev–Trinajstić information content (AvgIpc) is 3.18. The summed E-state index contributed by atoms with van der Waals surface area (Å²) in [5, 5.41) is 10.7. The van der Waals surface area contributed by atoms with Gasteiger partial charge in [-0.2, -0.15) is 5.26 Å². The quantitative estimate of drug-likeness (QED) is 0.422. The van der Waals surface area contributed by atoms with Gasteiger partial charge in [0.15, 0.2) is 0 Å². The molecular weight excluding hydrogens is 378 g/mol. The molecule has 0 saturated carbocycles. The third kappa shape index (κ3) is 5.18. The van der Waals surface area contributed by atoms with Gasteiger partial charge in [-0.3, -0.25) is 9.69 Å². The Hall–Kier alpha value is -2.88. The van der Waals surface area contributed by atoms with Gasteiger partial charge in [-0.1, -0.05) is 18.7 Å². The summed E-state index contributed by atoms with van der Waals surface area (Å²) in [6.45, 7) is 11.6. The van der Waals surface area contributed by atoms with Gasteiger partial charge in [0.1, 0.15) is 12.4 Å². The van der Waals surface area contributed by atoms with Crippen molar-refractivity contribution in [1.29, 1.82) is 5.26 Å². The Kier molecular flexibility index (Phi) is 7.45. The molecule has 1 aliphatic heterocycles. The summed E-state index contributed by atoms with van der Waals surface area (Å²) >= 11 is 0. The Labute approximate surface area is 177 Å². The lowest BCUT2D eigenvalue weighted by Crippen LogP contribution is -2.32. The molecule has 0 bridgehead atoms. The van der Waals surface area contributed by atoms with Crippen molar-refractivity contribution in [2.45, 2.75) is 19.4 Å². The summed E-state index contributed by atoms with van der Waals surface area (Å²) in [7, 11) is 0. The topological polar surface area (TPSA) is 67.5 Å². The Morgan fingerprint density at radius 3 is 2.73 bits per heavy atom. The molecule has 1 aromatic heterocycles. The van der Waals surface area contributed by atoms with Gasteiger partial charge < -0.3 is 14.0 Å². The number of fused-ring (bicyclic) bond motifs is 1. The first kappa shape index (κ1) is 21.8. The second-order valence-corrected chi connectivity index (χ2v) is 7.68. The van der Waals surface area contributed by atoms with Gasteiger partial charge in [0.2, 0.25) is 0 Å². The summed E-state index contributed by atoms with van der Waals surface area (Å²) in [6, 6.07) is 11.7. The standard InChI is InChI=1S/C24H29N3O3/c1-3-14-29-16-10-24(18-25)9-11-26(19-24)12-13-27-22-17-21(30-15-4-2)7-5-20(22)6-8-23(27)28/h3-8,17H,1-2,9-16,19H2. The Balaban J connectivity index is 1.69. The summed E-state index contributed by atoms with van der Waals surface area (Å²) < 4.78 is 12.9. The van der Waals surface area contributed by atoms with Crippen molar-refractivity contribution in [2.24, 2.45) is 5.41 Å². The van der Waals surface area contributed by atoms with Crippen LogP contribution in [0.15, 0.2) is 60.4 Å². The summed E-state index contributed by atoms with van der Waals surface area (Å²) in [4.78, 5) is 14.8. The molecule has 0 amide bonds. The first-order valence-corrected chi connectivity index (χ1v) is 10.3. The molecule has 1 atom stereocenters. The largest absolute Gasteiger partial charge is 0.489 e. The number of likely N-dealkylation sites (tertiary alicyclic amines) is 1. The van der Waals surface area contributed by atoms with Crippen molar-refractivity contribution in [3.63, 3.8) is 0 Å². The van der Waals surface area contributed by atoms with Crippen LogP contribution in [0.5, 0.6) is 5.75 Å². The van der Waals surface area contributed by atoms with E-state index >= 15 is 0 Å². The maximum atomic E-state index is 12.6. The van der Waals surface area contributed by atoms with Crippen LogP contribution < -0.4 is 10.3 Å². The highest BCUT2D eigenvalue weighted by atomic mass is 16.5. The molecule has 6 nitrogen and oxygen atoms in total. The van der Waals surface area contributed by atoms with Crippen molar-refractivity contribution < 1.29 is 9.47 Å². The zero-order valence-electron chi connectivity index (χ0n) is 17.4. The van der Waals surface area contributed by atoms with E-state index in [0.717, 1.165) is 23.9 Å². The maximum Gasteiger partial charge on any atom is 0.251 e. The van der Waals surface area contributed by atoms with Crippen molar-refractivity contribution in [3.05, 3.63) is 66.0 Å². The third-order valence-electron chi connectivity index (χ3n) is 5.60. The van der Waals surface area contributed by atoms with Gasteiger partial charge in [0.05, 0.1) is 23.6 Å². The molecular formula is C24H29N3O3. The van der Waals surface area contributed by atoms with Gasteiger partial charge in [-0.05, 0) is 43.0 Å². The lowest BCUT2D eigenvalue weighted by atomic mass is 9.86. The van der Waals surface area contributed by atoms with Crippen LogP contribution >= 0.6 is 0 Å². The minimum atomic E-state index is -0.378. The average molecular weight is 408 g/mol. The van der Waals surface area contributed by atoms with Crippen LogP contribution in [0.4, 0.5) is 0 Å². The SMILES string of the molecule is C=CCOCCC1(C#N)CCN(CCn2c(=O)ccc3ccc(OCC=C)cc32)C1. The molecule has 0 radical (unpaired) electrons. The Morgan fingerprint density at radius 2 is 1.97 bits per heavy atom.